The van der Waals surface area contributed by atoms with Crippen LogP contribution in [0.4, 0.5) is 4.39 Å². The third-order valence-electron chi connectivity index (χ3n) is 5.09. The Morgan fingerprint density at radius 1 is 1.29 bits per heavy atom. The average molecular weight is 505 g/mol. The summed E-state index contributed by atoms with van der Waals surface area (Å²) >= 11 is 0. The van der Waals surface area contributed by atoms with E-state index >= 15 is 0 Å². The minimum atomic E-state index is -0.202. The van der Waals surface area contributed by atoms with Crippen molar-refractivity contribution >= 4 is 29.9 Å². The second kappa shape index (κ2) is 13.3. The van der Waals surface area contributed by atoms with E-state index in [1.807, 2.05) is 20.2 Å². The largest absolute Gasteiger partial charge is 0.357 e. The first-order valence-corrected chi connectivity index (χ1v) is 10.2. The van der Waals surface area contributed by atoms with Crippen molar-refractivity contribution in [1.82, 2.24) is 20.4 Å². The summed E-state index contributed by atoms with van der Waals surface area (Å²) in [6.45, 7) is 9.22. The number of likely N-dealkylation sites (tertiary alicyclic amines) is 1. The first-order valence-electron chi connectivity index (χ1n) is 10.2. The van der Waals surface area contributed by atoms with Crippen LogP contribution in [0.15, 0.2) is 29.3 Å². The van der Waals surface area contributed by atoms with E-state index in [1.165, 1.54) is 19.0 Å². The summed E-state index contributed by atoms with van der Waals surface area (Å²) in [5.74, 6) is 0.655. The monoisotopic (exact) mass is 505 g/mol. The predicted octanol–water partition coefficient (Wildman–Crippen LogP) is 3.48. The summed E-state index contributed by atoms with van der Waals surface area (Å²) in [5, 5.41) is 6.95. The van der Waals surface area contributed by atoms with Crippen LogP contribution in [0.2, 0.25) is 0 Å². The highest BCUT2D eigenvalue weighted by atomic mass is 127. The van der Waals surface area contributed by atoms with Crippen LogP contribution in [0.5, 0.6) is 0 Å². The molecule has 160 valence electrons. The fourth-order valence-corrected chi connectivity index (χ4v) is 3.59. The highest BCUT2D eigenvalue weighted by Crippen LogP contribution is 2.19. The minimum Gasteiger partial charge on any atom is -0.357 e. The first kappa shape index (κ1) is 25.1. The molecule has 0 spiro atoms. The lowest BCUT2D eigenvalue weighted by atomic mass is 10.0. The molecule has 0 saturated carbocycles. The zero-order chi connectivity index (χ0) is 19.6. The Hall–Kier alpha value is -0.930. The summed E-state index contributed by atoms with van der Waals surface area (Å²) in [5.41, 5.74) is 0.951. The Balaban J connectivity index is 0.00000392. The van der Waals surface area contributed by atoms with Gasteiger partial charge in [-0.25, -0.2) is 4.39 Å². The first-order chi connectivity index (χ1) is 13.0. The second-order valence-electron chi connectivity index (χ2n) is 7.51. The maximum absolute atomic E-state index is 13.6. The normalized spacial score (nSPS) is 17.3. The number of likely N-dealkylation sites (N-methyl/N-ethyl adjacent to an activating group) is 1. The molecule has 2 N–H and O–H groups in total. The molecule has 5 nitrogen and oxygen atoms in total. The van der Waals surface area contributed by atoms with E-state index < -0.39 is 0 Å². The third kappa shape index (κ3) is 8.21. The van der Waals surface area contributed by atoms with E-state index in [0.717, 1.165) is 44.0 Å². The lowest BCUT2D eigenvalue weighted by Gasteiger charge is -2.33. The van der Waals surface area contributed by atoms with Crippen molar-refractivity contribution in [1.29, 1.82) is 0 Å². The van der Waals surface area contributed by atoms with Crippen molar-refractivity contribution in [2.45, 2.75) is 45.2 Å². The van der Waals surface area contributed by atoms with E-state index in [1.54, 1.807) is 12.1 Å². The molecule has 0 amide bonds. The molecule has 7 heteroatoms. The van der Waals surface area contributed by atoms with Crippen molar-refractivity contribution in [3.63, 3.8) is 0 Å². The molecule has 0 radical (unpaired) electrons. The van der Waals surface area contributed by atoms with Crippen LogP contribution >= 0.6 is 24.0 Å². The van der Waals surface area contributed by atoms with E-state index in [-0.39, 0.29) is 35.8 Å². The molecule has 1 fully saturated rings. The molecule has 1 aliphatic heterocycles. The lowest BCUT2D eigenvalue weighted by molar-refractivity contribution is 0.206. The third-order valence-corrected chi connectivity index (χ3v) is 5.09. The zero-order valence-corrected chi connectivity index (χ0v) is 20.1. The fraction of sp³-hybridized carbons (Fsp3) is 0.667. The van der Waals surface area contributed by atoms with E-state index in [9.17, 15) is 4.39 Å². The summed E-state index contributed by atoms with van der Waals surface area (Å²) in [4.78, 5) is 9.43. The summed E-state index contributed by atoms with van der Waals surface area (Å²) in [7, 11) is 4.02. The molecule has 28 heavy (non-hydrogen) atoms. The maximum atomic E-state index is 13.6. The van der Waals surface area contributed by atoms with Gasteiger partial charge in [0.15, 0.2) is 5.96 Å². The van der Waals surface area contributed by atoms with Crippen molar-refractivity contribution in [2.24, 2.45) is 4.99 Å². The van der Waals surface area contributed by atoms with Crippen molar-refractivity contribution in [3.8, 4) is 0 Å². The Labute approximate surface area is 187 Å². The van der Waals surface area contributed by atoms with Gasteiger partial charge in [-0.05, 0) is 64.5 Å². The summed E-state index contributed by atoms with van der Waals surface area (Å²) < 4.78 is 13.6. The van der Waals surface area contributed by atoms with Gasteiger partial charge in [-0.2, -0.15) is 0 Å². The number of hydrogen-bond acceptors (Lipinski definition) is 3. The van der Waals surface area contributed by atoms with Crippen molar-refractivity contribution in [2.75, 3.05) is 46.8 Å². The molecule has 1 unspecified atom stereocenters. The maximum Gasteiger partial charge on any atom is 0.191 e. The molecule has 2 rings (SSSR count). The van der Waals surface area contributed by atoms with Gasteiger partial charge < -0.3 is 20.4 Å². The highest BCUT2D eigenvalue weighted by molar-refractivity contribution is 14.0. The molecule has 1 aliphatic rings. The Bertz CT molecular complexity index is 588. The molecule has 1 aromatic rings. The number of guanidine groups is 1. The Morgan fingerprint density at radius 2 is 2.00 bits per heavy atom. The van der Waals surface area contributed by atoms with Crippen LogP contribution in [0.3, 0.4) is 0 Å². The molecule has 1 aromatic carbocycles. The van der Waals surface area contributed by atoms with E-state index in [2.05, 4.69) is 34.3 Å². The highest BCUT2D eigenvalue weighted by Gasteiger charge is 2.20. The fourth-order valence-electron chi connectivity index (χ4n) is 3.59. The van der Waals surface area contributed by atoms with Gasteiger partial charge >= 0.3 is 0 Å². The average Bonchev–Trinajstić information content (AvgIpc) is 2.63. The summed E-state index contributed by atoms with van der Waals surface area (Å²) in [6, 6.07) is 7.32. The van der Waals surface area contributed by atoms with Crippen LogP contribution in [0.25, 0.3) is 0 Å². The SMILES string of the molecule is CCCN1CCC(NC(=NCC(c2cccc(F)c2)N(C)C)NCC)CC1.I. The van der Waals surface area contributed by atoms with Crippen LogP contribution < -0.4 is 10.6 Å². The van der Waals surface area contributed by atoms with E-state index in [4.69, 9.17) is 4.99 Å². The molecule has 0 aromatic heterocycles. The molecule has 0 bridgehead atoms. The van der Waals surface area contributed by atoms with Crippen LogP contribution in [0, 0.1) is 5.82 Å². The number of benzene rings is 1. The van der Waals surface area contributed by atoms with Gasteiger partial charge in [0.25, 0.3) is 0 Å². The smallest absolute Gasteiger partial charge is 0.191 e. The number of hydrogen-bond donors (Lipinski definition) is 2. The quantitative estimate of drug-likeness (QED) is 0.323. The number of rotatable bonds is 8. The minimum absolute atomic E-state index is 0. The number of aliphatic imine (C=N–C) groups is 1. The number of nitrogens with one attached hydrogen (secondary N) is 2. The van der Waals surface area contributed by atoms with Gasteiger partial charge in [-0.15, -0.1) is 24.0 Å². The van der Waals surface area contributed by atoms with Gasteiger partial charge in [0.2, 0.25) is 0 Å². The van der Waals surface area contributed by atoms with E-state index in [0.29, 0.717) is 12.6 Å². The van der Waals surface area contributed by atoms with Gasteiger partial charge in [0.05, 0.1) is 12.6 Å². The van der Waals surface area contributed by atoms with Gasteiger partial charge in [0.1, 0.15) is 5.82 Å². The second-order valence-corrected chi connectivity index (χ2v) is 7.51. The number of halogens is 2. The molecular formula is C21H37FIN5. The van der Waals surface area contributed by atoms with Crippen LogP contribution in [0.1, 0.15) is 44.7 Å². The molecule has 1 saturated heterocycles. The lowest BCUT2D eigenvalue weighted by Crippen LogP contribution is -2.49. The molecular weight excluding hydrogens is 468 g/mol. The summed E-state index contributed by atoms with van der Waals surface area (Å²) in [6.07, 6.45) is 3.50. The number of piperidine rings is 1. The molecule has 1 atom stereocenters. The van der Waals surface area contributed by atoms with Crippen molar-refractivity contribution in [3.05, 3.63) is 35.6 Å². The predicted molar refractivity (Wildman–Crippen MR) is 127 cm³/mol. The van der Waals surface area contributed by atoms with Gasteiger partial charge in [-0.3, -0.25) is 4.99 Å². The standard InChI is InChI=1S/C21H36FN5.HI/c1-5-12-27-13-10-19(11-14-27)25-21(23-6-2)24-16-20(26(3)4)17-8-7-9-18(22)15-17;/h7-9,15,19-20H,5-6,10-14,16H2,1-4H3,(H2,23,24,25);1H. The Kier molecular flexibility index (Phi) is 11.9. The topological polar surface area (TPSA) is 42.9 Å². The van der Waals surface area contributed by atoms with Crippen LogP contribution in [-0.2, 0) is 0 Å². The van der Waals surface area contributed by atoms with Gasteiger partial charge in [0, 0.05) is 25.7 Å². The zero-order valence-electron chi connectivity index (χ0n) is 17.7. The van der Waals surface area contributed by atoms with Crippen molar-refractivity contribution < 1.29 is 4.39 Å². The Morgan fingerprint density at radius 3 is 2.57 bits per heavy atom. The molecule has 0 aliphatic carbocycles. The van der Waals surface area contributed by atoms with Crippen LogP contribution in [-0.4, -0.2) is 68.6 Å². The molecule has 1 heterocycles. The number of nitrogens with zero attached hydrogens (tertiary/aromatic N) is 3. The van der Waals surface area contributed by atoms with Gasteiger partial charge in [-0.1, -0.05) is 19.1 Å².